The Morgan fingerprint density at radius 1 is 0.642 bits per heavy atom. The van der Waals surface area contributed by atoms with E-state index in [1.165, 1.54) is 60.1 Å². The third-order valence-corrected chi connectivity index (χ3v) is 9.73. The van der Waals surface area contributed by atoms with E-state index in [1.54, 1.807) is 33.8 Å². The maximum Gasteiger partial charge on any atom is 0.318 e. The van der Waals surface area contributed by atoms with E-state index in [1.807, 2.05) is 6.92 Å². The third-order valence-electron chi connectivity index (χ3n) is 7.64. The second kappa shape index (κ2) is 18.7. The lowest BCUT2D eigenvalue weighted by molar-refractivity contribution is -0.165. The summed E-state index contributed by atoms with van der Waals surface area (Å²) in [5.74, 6) is -4.38. The van der Waals surface area contributed by atoms with Crippen LogP contribution in [0.25, 0.3) is 20.7 Å². The largest absolute Gasteiger partial charge is 0.477 e. The number of carbonyl (C=O) groups is 5. The summed E-state index contributed by atoms with van der Waals surface area (Å²) in [5.41, 5.74) is 0.144. The average Bonchev–Trinajstić information content (AvgIpc) is 3.76. The first kappa shape index (κ1) is 42.4. The van der Waals surface area contributed by atoms with Crippen molar-refractivity contribution in [2.24, 2.45) is 17.8 Å². The van der Waals surface area contributed by atoms with Gasteiger partial charge in [0.25, 0.3) is 23.5 Å². The molecule has 288 valence electrons. The smallest absolute Gasteiger partial charge is 0.318 e. The van der Waals surface area contributed by atoms with Gasteiger partial charge in [0.05, 0.1) is 64.2 Å². The van der Waals surface area contributed by atoms with Crippen LogP contribution < -0.4 is 18.9 Å². The first-order valence-electron chi connectivity index (χ1n) is 16.3. The Kier molecular flexibility index (Phi) is 15.0. The van der Waals surface area contributed by atoms with Gasteiger partial charge < -0.3 is 33.2 Å². The van der Waals surface area contributed by atoms with E-state index in [4.69, 9.17) is 33.2 Å². The molecule has 3 unspecified atom stereocenters. The van der Waals surface area contributed by atoms with Crippen LogP contribution in [-0.2, 0) is 28.6 Å². The fraction of sp³-hybridized carbons (Fsp3) is 0.514. The highest BCUT2D eigenvalue weighted by Gasteiger charge is 2.42. The van der Waals surface area contributed by atoms with Gasteiger partial charge in [0.2, 0.25) is 0 Å². The van der Waals surface area contributed by atoms with Gasteiger partial charge in [-0.2, -0.15) is 9.97 Å². The number of aromatic nitrogens is 4. The Morgan fingerprint density at radius 2 is 1.09 bits per heavy atom. The molecule has 0 aliphatic heterocycles. The molecule has 0 amide bonds. The molecule has 0 N–H and O–H groups in total. The molecule has 0 saturated carbocycles. The number of hydrogen-bond donors (Lipinski definition) is 0. The van der Waals surface area contributed by atoms with Crippen molar-refractivity contribution in [3.63, 3.8) is 0 Å². The van der Waals surface area contributed by atoms with E-state index in [9.17, 15) is 24.0 Å². The normalized spacial score (nSPS) is 12.8. The molecule has 53 heavy (non-hydrogen) atoms. The number of esters is 3. The second-order valence-electron chi connectivity index (χ2n) is 12.3. The molecule has 0 bridgehead atoms. The number of methoxy groups -OCH3 is 6. The van der Waals surface area contributed by atoms with Crippen molar-refractivity contribution in [2.45, 2.75) is 59.5 Å². The Balaban J connectivity index is 0.000000295. The number of carbonyl (C=O) groups excluding carboxylic acids is 5. The van der Waals surface area contributed by atoms with Gasteiger partial charge >= 0.3 is 17.9 Å². The summed E-state index contributed by atoms with van der Waals surface area (Å²) >= 11 is 2.26. The molecular formula is C35H44N4O12S2. The van der Waals surface area contributed by atoms with Crippen LogP contribution in [0.1, 0.15) is 73.2 Å². The van der Waals surface area contributed by atoms with Gasteiger partial charge in [-0.25, -0.2) is 9.97 Å². The van der Waals surface area contributed by atoms with Gasteiger partial charge in [0, 0.05) is 6.42 Å². The van der Waals surface area contributed by atoms with Gasteiger partial charge in [-0.3, -0.25) is 24.0 Å². The lowest BCUT2D eigenvalue weighted by Crippen LogP contribution is -2.40. The van der Waals surface area contributed by atoms with Crippen LogP contribution in [0.4, 0.5) is 0 Å². The summed E-state index contributed by atoms with van der Waals surface area (Å²) in [5, 5.41) is 0. The number of fused-ring (bicyclic) bond motifs is 2. The van der Waals surface area contributed by atoms with Crippen LogP contribution in [-0.4, -0.2) is 97.7 Å². The standard InChI is InChI=1S/C20H26N2O7S.C15H18N2O5S/c1-8-10(18(24)28-7)13(19(25)29-20(2,3)4)14(23)12-9-11-17(30-12)22-16(27-6)15(21-11)26-5;1-5-8(15(19)22-4)6-10(18)11-7-9-14(23-11)17-13(21-3)12(16-9)20-2/h9-10,13H,8H2,1-7H3;7-8H,5-6H2,1-4H3. The number of thiophene rings is 2. The molecule has 0 aliphatic rings. The van der Waals surface area contributed by atoms with Crippen LogP contribution >= 0.6 is 22.7 Å². The fourth-order valence-corrected chi connectivity index (χ4v) is 6.85. The molecule has 4 aromatic heterocycles. The van der Waals surface area contributed by atoms with Crippen molar-refractivity contribution >= 4 is 72.8 Å². The fourth-order valence-electron chi connectivity index (χ4n) is 5.00. The van der Waals surface area contributed by atoms with Crippen molar-refractivity contribution in [3.8, 4) is 23.5 Å². The summed E-state index contributed by atoms with van der Waals surface area (Å²) < 4.78 is 35.5. The molecular weight excluding hydrogens is 733 g/mol. The molecule has 0 aliphatic carbocycles. The van der Waals surface area contributed by atoms with Crippen LogP contribution in [0.5, 0.6) is 23.5 Å². The number of Topliss-reactive ketones (excluding diaryl/α,β-unsaturated/α-hetero) is 2. The van der Waals surface area contributed by atoms with Crippen molar-refractivity contribution in [1.82, 2.24) is 19.9 Å². The zero-order chi connectivity index (χ0) is 39.6. The first-order chi connectivity index (χ1) is 25.1. The van der Waals surface area contributed by atoms with Gasteiger partial charge in [-0.15, -0.1) is 22.7 Å². The minimum Gasteiger partial charge on any atom is -0.477 e. The SMILES string of the molecule is CCC(C(=O)OC)C(C(=O)OC(C)(C)C)C(=O)c1cc2nc(OC)c(OC)nc2s1.CCC(CC(=O)c1cc2nc(OC)c(OC)nc2s1)C(=O)OC. The number of nitrogens with zero attached hydrogens (tertiary/aromatic N) is 4. The summed E-state index contributed by atoms with van der Waals surface area (Å²) in [6.07, 6.45) is 0.872. The Labute approximate surface area is 314 Å². The lowest BCUT2D eigenvalue weighted by Gasteiger charge is -2.26. The average molecular weight is 777 g/mol. The molecule has 0 radical (unpaired) electrons. The summed E-state index contributed by atoms with van der Waals surface area (Å²) in [6, 6.07) is 3.17. The first-order valence-corrected chi connectivity index (χ1v) is 18.0. The zero-order valence-corrected chi connectivity index (χ0v) is 33.1. The van der Waals surface area contributed by atoms with Crippen LogP contribution in [0.15, 0.2) is 12.1 Å². The number of hydrogen-bond acceptors (Lipinski definition) is 18. The Bertz CT molecular complexity index is 1870. The minimum atomic E-state index is -1.35. The highest BCUT2D eigenvalue weighted by molar-refractivity contribution is 7.20. The van der Waals surface area contributed by atoms with Crippen molar-refractivity contribution in [1.29, 1.82) is 0 Å². The molecule has 16 nitrogen and oxygen atoms in total. The van der Waals surface area contributed by atoms with E-state index < -0.39 is 41.1 Å². The molecule has 4 aromatic rings. The molecule has 3 atom stereocenters. The summed E-state index contributed by atoms with van der Waals surface area (Å²) in [7, 11) is 8.34. The Morgan fingerprint density at radius 3 is 1.51 bits per heavy atom. The zero-order valence-electron chi connectivity index (χ0n) is 31.5. The predicted molar refractivity (Wildman–Crippen MR) is 195 cm³/mol. The topological polar surface area (TPSA) is 202 Å². The van der Waals surface area contributed by atoms with Gasteiger partial charge in [-0.1, -0.05) is 13.8 Å². The van der Waals surface area contributed by atoms with E-state index in [0.29, 0.717) is 32.0 Å². The maximum absolute atomic E-state index is 13.4. The lowest BCUT2D eigenvalue weighted by atomic mass is 9.85. The summed E-state index contributed by atoms with van der Waals surface area (Å²) in [6.45, 7) is 8.63. The maximum atomic E-state index is 13.4. The monoisotopic (exact) mass is 776 g/mol. The van der Waals surface area contributed by atoms with E-state index >= 15 is 0 Å². The van der Waals surface area contributed by atoms with Gasteiger partial charge in [-0.05, 0) is 45.7 Å². The molecule has 18 heteroatoms. The van der Waals surface area contributed by atoms with E-state index in [-0.39, 0.29) is 53.0 Å². The highest BCUT2D eigenvalue weighted by Crippen LogP contribution is 2.34. The third kappa shape index (κ3) is 10.3. The van der Waals surface area contributed by atoms with E-state index in [2.05, 4.69) is 19.9 Å². The number of ketones is 2. The van der Waals surface area contributed by atoms with Crippen LogP contribution in [0.3, 0.4) is 0 Å². The number of ether oxygens (including phenoxy) is 7. The van der Waals surface area contributed by atoms with Crippen molar-refractivity contribution < 1.29 is 57.1 Å². The molecule has 0 aromatic carbocycles. The molecule has 0 saturated heterocycles. The molecule has 4 rings (SSSR count). The highest BCUT2D eigenvalue weighted by atomic mass is 32.1. The quantitative estimate of drug-likeness (QED) is 0.0631. The minimum absolute atomic E-state index is 0.101. The second-order valence-corrected chi connectivity index (χ2v) is 14.3. The van der Waals surface area contributed by atoms with Crippen LogP contribution in [0, 0.1) is 17.8 Å². The summed E-state index contributed by atoms with van der Waals surface area (Å²) in [4.78, 5) is 81.4. The van der Waals surface area contributed by atoms with Crippen molar-refractivity contribution in [3.05, 3.63) is 21.9 Å². The van der Waals surface area contributed by atoms with Gasteiger partial charge in [0.15, 0.2) is 11.6 Å². The van der Waals surface area contributed by atoms with Crippen LogP contribution in [0.2, 0.25) is 0 Å². The van der Waals surface area contributed by atoms with E-state index in [0.717, 1.165) is 11.3 Å². The molecule has 0 spiro atoms. The van der Waals surface area contributed by atoms with Gasteiger partial charge in [0.1, 0.15) is 32.2 Å². The van der Waals surface area contributed by atoms with Crippen molar-refractivity contribution in [2.75, 3.05) is 42.7 Å². The predicted octanol–water partition coefficient (Wildman–Crippen LogP) is 5.53. The Hall–Kier alpha value is -4.97. The number of rotatable bonds is 15. The molecule has 0 fully saturated rings. The molecule has 4 heterocycles.